The topological polar surface area (TPSA) is 0 Å². The van der Waals surface area contributed by atoms with E-state index in [1.54, 1.807) is 10.6 Å². The van der Waals surface area contributed by atoms with E-state index in [0.717, 1.165) is 0 Å². The van der Waals surface area contributed by atoms with E-state index in [0.29, 0.717) is 0 Å². The lowest BCUT2D eigenvalue weighted by Gasteiger charge is -2.32. The van der Waals surface area contributed by atoms with Gasteiger partial charge in [-0.05, 0) is 88.1 Å². The van der Waals surface area contributed by atoms with E-state index in [1.165, 1.54) is 23.6 Å². The fourth-order valence-corrected chi connectivity index (χ4v) is 28.2. The molecule has 10 heteroatoms. The van der Waals surface area contributed by atoms with Crippen LogP contribution in [0.2, 0.25) is 0 Å². The molecule has 0 N–H and O–H groups in total. The molecule has 0 spiro atoms. The van der Waals surface area contributed by atoms with Gasteiger partial charge in [0.25, 0.3) is 0 Å². The van der Waals surface area contributed by atoms with E-state index in [-0.39, 0.29) is 15.8 Å². The van der Waals surface area contributed by atoms with Gasteiger partial charge in [-0.3, -0.25) is 0 Å². The minimum absolute atomic E-state index is 0.305. The minimum Gasteiger partial charge on any atom is -0.0977 e. The van der Waals surface area contributed by atoms with E-state index >= 15 is 0 Å². The Hall–Kier alpha value is 2.68. The van der Waals surface area contributed by atoms with Crippen molar-refractivity contribution >= 4 is 97.8 Å². The summed E-state index contributed by atoms with van der Waals surface area (Å²) >= 11 is 23.7. The van der Waals surface area contributed by atoms with Crippen molar-refractivity contribution in [1.29, 1.82) is 0 Å². The summed E-state index contributed by atoms with van der Waals surface area (Å²) in [4.78, 5) is 0. The molecule has 0 amide bonds. The van der Waals surface area contributed by atoms with Gasteiger partial charge in [0, 0.05) is 23.6 Å². The molecule has 0 bridgehead atoms. The Labute approximate surface area is 197 Å². The predicted octanol–water partition coefficient (Wildman–Crippen LogP) is 6.69. The maximum atomic E-state index is 5.92. The van der Waals surface area contributed by atoms with Crippen LogP contribution in [-0.4, -0.2) is 76.9 Å². The van der Waals surface area contributed by atoms with Gasteiger partial charge in [0.15, 0.2) is 0 Å². The van der Waals surface area contributed by atoms with E-state index in [4.69, 9.17) is 47.2 Å². The lowest BCUT2D eigenvalue weighted by molar-refractivity contribution is 1.78. The molecule has 1 aromatic carbocycles. The van der Waals surface area contributed by atoms with Crippen LogP contribution in [-0.2, 0) is 47.2 Å². The molecule has 0 aromatic heterocycles. The molecule has 162 valence electrons. The van der Waals surface area contributed by atoms with Crippen LogP contribution in [0.15, 0.2) is 24.3 Å². The normalized spacial score (nSPS) is 14.1. The first kappa shape index (κ1) is 28.7. The summed E-state index contributed by atoms with van der Waals surface area (Å²) in [7, 11) is -0.610. The van der Waals surface area contributed by atoms with Crippen LogP contribution in [0.4, 0.5) is 0 Å². The van der Waals surface area contributed by atoms with Crippen molar-refractivity contribution in [1.82, 2.24) is 0 Å². The molecule has 0 radical (unpaired) electrons. The third-order valence-electron chi connectivity index (χ3n) is 3.61. The highest BCUT2D eigenvalue weighted by Crippen LogP contribution is 2.62. The summed E-state index contributed by atoms with van der Waals surface area (Å²) in [6.45, 7) is 18.4. The highest BCUT2D eigenvalue weighted by Gasteiger charge is 2.27. The molecule has 0 aliphatic rings. The Kier molecular flexibility index (Phi) is 11.5. The Balaban J connectivity index is 3.53. The molecule has 0 nitrogen and oxygen atoms in total. The van der Waals surface area contributed by atoms with Crippen molar-refractivity contribution in [2.45, 2.75) is 0 Å². The Morgan fingerprint density at radius 2 is 0.750 bits per heavy atom. The van der Waals surface area contributed by atoms with Crippen molar-refractivity contribution in [3.05, 3.63) is 24.3 Å². The molecular formula is C18H36P6S4. The quantitative estimate of drug-likeness (QED) is 0.290. The molecule has 0 saturated carbocycles. The first-order chi connectivity index (χ1) is 12.4. The maximum Gasteiger partial charge on any atom is 0.000947 e. The van der Waals surface area contributed by atoms with Crippen LogP contribution in [0.25, 0.3) is 0 Å². The van der Waals surface area contributed by atoms with Crippen LogP contribution in [0.1, 0.15) is 0 Å². The first-order valence-electron chi connectivity index (χ1n) is 9.11. The van der Waals surface area contributed by atoms with Crippen LogP contribution >= 0.6 is 40.0 Å². The summed E-state index contributed by atoms with van der Waals surface area (Å²) in [5.74, 6) is 4.71. The smallest absolute Gasteiger partial charge is 0.000947 e. The summed E-state index contributed by atoms with van der Waals surface area (Å²) in [5.41, 5.74) is 0. The number of hydrogen-bond donors (Lipinski definition) is 0. The van der Waals surface area contributed by atoms with Crippen molar-refractivity contribution < 1.29 is 0 Å². The predicted molar refractivity (Wildman–Crippen MR) is 164 cm³/mol. The van der Waals surface area contributed by atoms with Crippen LogP contribution < -0.4 is 10.6 Å². The molecule has 0 unspecified atom stereocenters. The fourth-order valence-electron chi connectivity index (χ4n) is 3.04. The zero-order chi connectivity index (χ0) is 22.0. The van der Waals surface area contributed by atoms with Gasteiger partial charge < -0.3 is 0 Å². The standard InChI is InChI=1S/C18H36P6S4/c1-21(2,25)13-19(14-22(3,4)26)17-11-9-10-12-18(17)20(15-23(5,6)27)16-24(7,8)28/h9-12H,13-16H2,1-8H3. The van der Waals surface area contributed by atoms with E-state index < -0.39 is 24.2 Å². The second-order valence-corrected chi connectivity index (χ2v) is 41.5. The second kappa shape index (κ2) is 11.2. The van der Waals surface area contributed by atoms with Gasteiger partial charge in [-0.25, -0.2) is 0 Å². The van der Waals surface area contributed by atoms with E-state index in [1.807, 2.05) is 0 Å². The SMILES string of the molecule is CP(C)(=S)CP(CP(C)(C)=S)c1ccccc1P(CP(C)(C)=S)CP(C)(C)=S. The molecule has 0 heterocycles. The number of hydrogen-bond acceptors (Lipinski definition) is 4. The molecular weight excluding hydrogens is 530 g/mol. The van der Waals surface area contributed by atoms with Gasteiger partial charge in [-0.15, -0.1) is 0 Å². The van der Waals surface area contributed by atoms with Crippen molar-refractivity contribution in [2.24, 2.45) is 0 Å². The summed E-state index contributed by atoms with van der Waals surface area (Å²) in [5, 5.41) is 3.15. The zero-order valence-corrected chi connectivity index (χ0v) is 27.1. The first-order valence-corrected chi connectivity index (χ1v) is 28.1. The molecule has 0 aliphatic carbocycles. The second-order valence-electron chi connectivity index (χ2n) is 9.43. The minimum atomic E-state index is -1.29. The number of benzene rings is 1. The Morgan fingerprint density at radius 1 is 0.536 bits per heavy atom. The summed E-state index contributed by atoms with van der Waals surface area (Å²) in [6.07, 6.45) is 0. The lowest BCUT2D eigenvalue weighted by Crippen LogP contribution is -2.25. The molecule has 28 heavy (non-hydrogen) atoms. The largest absolute Gasteiger partial charge is 0.0977 e. The summed E-state index contributed by atoms with van der Waals surface area (Å²) in [6, 6.07) is 4.03. The molecule has 0 fully saturated rings. The average molecular weight is 567 g/mol. The van der Waals surface area contributed by atoms with Gasteiger partial charge in [0.05, 0.1) is 0 Å². The van der Waals surface area contributed by atoms with Crippen molar-refractivity contribution in [3.63, 3.8) is 0 Å². The third-order valence-corrected chi connectivity index (χ3v) is 26.4. The van der Waals surface area contributed by atoms with Crippen LogP contribution in [0, 0.1) is 0 Å². The molecule has 0 atom stereocenters. The van der Waals surface area contributed by atoms with E-state index in [9.17, 15) is 0 Å². The van der Waals surface area contributed by atoms with E-state index in [2.05, 4.69) is 77.6 Å². The van der Waals surface area contributed by atoms with Gasteiger partial charge in [0.2, 0.25) is 0 Å². The van der Waals surface area contributed by atoms with Gasteiger partial charge >= 0.3 is 0 Å². The lowest BCUT2D eigenvalue weighted by atomic mass is 10.4. The van der Waals surface area contributed by atoms with Crippen LogP contribution in [0.3, 0.4) is 0 Å². The van der Waals surface area contributed by atoms with Gasteiger partial charge in [0.1, 0.15) is 0 Å². The summed E-state index contributed by atoms with van der Waals surface area (Å²) < 4.78 is 0. The molecule has 1 aromatic rings. The van der Waals surface area contributed by atoms with Crippen LogP contribution in [0.5, 0.6) is 0 Å². The monoisotopic (exact) mass is 566 g/mol. The third kappa shape index (κ3) is 12.6. The Morgan fingerprint density at radius 3 is 0.929 bits per heavy atom. The van der Waals surface area contributed by atoms with Gasteiger partial charge in [-0.1, -0.05) is 87.3 Å². The molecule has 1 rings (SSSR count). The Bertz CT molecular complexity index is 738. The highest BCUT2D eigenvalue weighted by atomic mass is 32.5. The fraction of sp³-hybridized carbons (Fsp3) is 0.667. The highest BCUT2D eigenvalue weighted by molar-refractivity contribution is 8.21. The molecule has 0 saturated heterocycles. The molecule has 0 aliphatic heterocycles. The van der Waals surface area contributed by atoms with Gasteiger partial charge in [-0.2, -0.15) is 0 Å². The average Bonchev–Trinajstić information content (AvgIpc) is 2.39. The van der Waals surface area contributed by atoms with Crippen molar-refractivity contribution in [2.75, 3.05) is 76.9 Å². The maximum absolute atomic E-state index is 5.92. The number of rotatable bonds is 10. The van der Waals surface area contributed by atoms with Crippen molar-refractivity contribution in [3.8, 4) is 0 Å². The zero-order valence-electron chi connectivity index (χ0n) is 18.5.